The van der Waals surface area contributed by atoms with E-state index < -0.39 is 4.75 Å². The van der Waals surface area contributed by atoms with Crippen molar-refractivity contribution in [3.8, 4) is 0 Å². The molecule has 0 saturated carbocycles. The van der Waals surface area contributed by atoms with Gasteiger partial charge < -0.3 is 0 Å². The molecule has 0 aromatic heterocycles. The average Bonchev–Trinajstić information content (AvgIpc) is 2.21. The maximum absolute atomic E-state index is 12.0. The SMILES string of the molecule is CC[C@@H]1S[C@](CC)(CC(C)C)C(=O)NC1=O. The third kappa shape index (κ3) is 2.59. The van der Waals surface area contributed by atoms with Gasteiger partial charge in [0.1, 0.15) is 0 Å². The van der Waals surface area contributed by atoms with E-state index in [2.05, 4.69) is 19.2 Å². The summed E-state index contributed by atoms with van der Waals surface area (Å²) in [5.74, 6) is 0.248. The Morgan fingerprint density at radius 2 is 2.00 bits per heavy atom. The monoisotopic (exact) mass is 243 g/mol. The minimum Gasteiger partial charge on any atom is -0.294 e. The molecular weight excluding hydrogens is 222 g/mol. The van der Waals surface area contributed by atoms with Gasteiger partial charge >= 0.3 is 0 Å². The molecule has 0 spiro atoms. The second-order valence-electron chi connectivity index (χ2n) is 4.78. The lowest BCUT2D eigenvalue weighted by Gasteiger charge is -2.38. The smallest absolute Gasteiger partial charge is 0.242 e. The van der Waals surface area contributed by atoms with Gasteiger partial charge in [-0.15, -0.1) is 11.8 Å². The Bertz CT molecular complexity index is 291. The summed E-state index contributed by atoms with van der Waals surface area (Å²) in [5, 5.41) is 2.46. The van der Waals surface area contributed by atoms with Crippen LogP contribution in [0.3, 0.4) is 0 Å². The molecule has 0 radical (unpaired) electrons. The molecular formula is C12H21NO2S. The molecule has 0 aromatic carbocycles. The van der Waals surface area contributed by atoms with Crippen LogP contribution in [-0.2, 0) is 9.59 Å². The van der Waals surface area contributed by atoms with E-state index in [1.165, 1.54) is 0 Å². The van der Waals surface area contributed by atoms with Gasteiger partial charge in [0.15, 0.2) is 0 Å². The van der Waals surface area contributed by atoms with E-state index in [0.717, 1.165) is 19.3 Å². The summed E-state index contributed by atoms with van der Waals surface area (Å²) in [4.78, 5) is 23.6. The lowest BCUT2D eigenvalue weighted by molar-refractivity contribution is -0.133. The van der Waals surface area contributed by atoms with Crippen LogP contribution in [0.4, 0.5) is 0 Å². The average molecular weight is 243 g/mol. The highest BCUT2D eigenvalue weighted by molar-refractivity contribution is 8.02. The van der Waals surface area contributed by atoms with Crippen LogP contribution >= 0.6 is 11.8 Å². The van der Waals surface area contributed by atoms with Crippen LogP contribution in [0.1, 0.15) is 47.0 Å². The normalized spacial score (nSPS) is 30.7. The third-order valence-electron chi connectivity index (χ3n) is 2.99. The topological polar surface area (TPSA) is 46.2 Å². The van der Waals surface area contributed by atoms with Gasteiger partial charge in [-0.3, -0.25) is 14.9 Å². The Morgan fingerprint density at radius 1 is 1.38 bits per heavy atom. The summed E-state index contributed by atoms with van der Waals surface area (Å²) in [6.07, 6.45) is 2.40. The van der Waals surface area contributed by atoms with Crippen molar-refractivity contribution < 1.29 is 9.59 Å². The molecule has 1 N–H and O–H groups in total. The van der Waals surface area contributed by atoms with Crippen molar-refractivity contribution in [1.82, 2.24) is 5.32 Å². The highest BCUT2D eigenvalue weighted by atomic mass is 32.2. The zero-order chi connectivity index (χ0) is 12.3. The second-order valence-corrected chi connectivity index (χ2v) is 6.37. The predicted octanol–water partition coefficient (Wildman–Crippen LogP) is 2.35. The molecule has 1 saturated heterocycles. The van der Waals surface area contributed by atoms with E-state index in [-0.39, 0.29) is 17.1 Å². The number of thioether (sulfide) groups is 1. The number of nitrogens with one attached hydrogen (secondary N) is 1. The van der Waals surface area contributed by atoms with Crippen molar-refractivity contribution in [3.63, 3.8) is 0 Å². The zero-order valence-electron chi connectivity index (χ0n) is 10.5. The maximum Gasteiger partial charge on any atom is 0.242 e. The molecule has 1 fully saturated rings. The first-order valence-electron chi connectivity index (χ1n) is 5.98. The first-order valence-corrected chi connectivity index (χ1v) is 6.86. The molecule has 4 heteroatoms. The van der Waals surface area contributed by atoms with E-state index in [0.29, 0.717) is 5.92 Å². The van der Waals surface area contributed by atoms with E-state index in [9.17, 15) is 9.59 Å². The molecule has 2 amide bonds. The van der Waals surface area contributed by atoms with E-state index in [4.69, 9.17) is 0 Å². The quantitative estimate of drug-likeness (QED) is 0.771. The van der Waals surface area contributed by atoms with Gasteiger partial charge in [-0.2, -0.15) is 0 Å². The summed E-state index contributed by atoms with van der Waals surface area (Å²) in [6, 6.07) is 0. The van der Waals surface area contributed by atoms with Gasteiger partial charge in [-0.25, -0.2) is 0 Å². The van der Waals surface area contributed by atoms with Gasteiger partial charge in [-0.05, 0) is 25.2 Å². The lowest BCUT2D eigenvalue weighted by atomic mass is 9.92. The minimum atomic E-state index is -0.400. The van der Waals surface area contributed by atoms with E-state index in [1.807, 2.05) is 13.8 Å². The van der Waals surface area contributed by atoms with E-state index in [1.54, 1.807) is 11.8 Å². The summed E-state index contributed by atoms with van der Waals surface area (Å²) in [7, 11) is 0. The van der Waals surface area contributed by atoms with Crippen molar-refractivity contribution in [2.75, 3.05) is 0 Å². The Hall–Kier alpha value is -0.510. The first-order chi connectivity index (χ1) is 7.45. The van der Waals surface area contributed by atoms with Gasteiger partial charge in [0.2, 0.25) is 11.8 Å². The van der Waals surface area contributed by atoms with Crippen LogP contribution < -0.4 is 5.32 Å². The van der Waals surface area contributed by atoms with Crippen LogP contribution in [0.25, 0.3) is 0 Å². The van der Waals surface area contributed by atoms with Crippen LogP contribution in [0.15, 0.2) is 0 Å². The van der Waals surface area contributed by atoms with Crippen molar-refractivity contribution in [1.29, 1.82) is 0 Å². The fourth-order valence-electron chi connectivity index (χ4n) is 2.14. The first kappa shape index (κ1) is 13.6. The molecule has 2 atom stereocenters. The molecule has 3 nitrogen and oxygen atoms in total. The fourth-order valence-corrected chi connectivity index (χ4v) is 3.77. The highest BCUT2D eigenvalue weighted by Crippen LogP contribution is 2.41. The van der Waals surface area contributed by atoms with Crippen molar-refractivity contribution in [2.45, 2.75) is 57.0 Å². The Morgan fingerprint density at radius 3 is 2.44 bits per heavy atom. The lowest BCUT2D eigenvalue weighted by Crippen LogP contribution is -2.55. The zero-order valence-corrected chi connectivity index (χ0v) is 11.3. The summed E-state index contributed by atoms with van der Waals surface area (Å²) >= 11 is 1.56. The van der Waals surface area contributed by atoms with Gasteiger partial charge in [0, 0.05) is 0 Å². The molecule has 1 heterocycles. The number of hydrogen-bond acceptors (Lipinski definition) is 3. The third-order valence-corrected chi connectivity index (χ3v) is 4.91. The van der Waals surface area contributed by atoms with Gasteiger partial charge in [-0.1, -0.05) is 27.7 Å². The maximum atomic E-state index is 12.0. The molecule has 0 aliphatic carbocycles. The molecule has 0 aromatic rings. The number of amides is 2. The Balaban J connectivity index is 2.90. The molecule has 0 unspecified atom stereocenters. The summed E-state index contributed by atoms with van der Waals surface area (Å²) in [5.41, 5.74) is 0. The fraction of sp³-hybridized carbons (Fsp3) is 0.833. The number of carbonyl (C=O) groups excluding carboxylic acids is 2. The molecule has 0 bridgehead atoms. The highest BCUT2D eigenvalue weighted by Gasteiger charge is 2.46. The predicted molar refractivity (Wildman–Crippen MR) is 67.3 cm³/mol. The summed E-state index contributed by atoms with van der Waals surface area (Å²) in [6.45, 7) is 8.24. The molecule has 1 aliphatic rings. The van der Waals surface area contributed by atoms with E-state index >= 15 is 0 Å². The van der Waals surface area contributed by atoms with Crippen LogP contribution in [0.5, 0.6) is 0 Å². The number of imide groups is 1. The molecule has 92 valence electrons. The Kier molecular flexibility index (Phi) is 4.42. The van der Waals surface area contributed by atoms with Gasteiger partial charge in [0.25, 0.3) is 0 Å². The molecule has 16 heavy (non-hydrogen) atoms. The molecule has 1 rings (SSSR count). The standard InChI is InChI=1S/C12H21NO2S/c1-5-9-10(14)13-11(15)12(6-2,16-9)7-8(3)4/h8-9H,5-7H2,1-4H3,(H,13,14,15)/t9-,12+/m0/s1. The van der Waals surface area contributed by atoms with Crippen LogP contribution in [0.2, 0.25) is 0 Å². The van der Waals surface area contributed by atoms with Crippen molar-refractivity contribution in [2.24, 2.45) is 5.92 Å². The number of carbonyl (C=O) groups is 2. The molecule has 1 aliphatic heterocycles. The Labute approximate surface area is 102 Å². The van der Waals surface area contributed by atoms with Crippen molar-refractivity contribution >= 4 is 23.6 Å². The number of hydrogen-bond donors (Lipinski definition) is 1. The largest absolute Gasteiger partial charge is 0.294 e. The van der Waals surface area contributed by atoms with Crippen LogP contribution in [0, 0.1) is 5.92 Å². The van der Waals surface area contributed by atoms with Crippen LogP contribution in [-0.4, -0.2) is 21.8 Å². The van der Waals surface area contributed by atoms with Crippen molar-refractivity contribution in [3.05, 3.63) is 0 Å². The van der Waals surface area contributed by atoms with Gasteiger partial charge in [0.05, 0.1) is 10.00 Å². The number of rotatable bonds is 4. The minimum absolute atomic E-state index is 0.0728. The summed E-state index contributed by atoms with van der Waals surface area (Å²) < 4.78 is -0.400. The second kappa shape index (κ2) is 5.21.